The summed E-state index contributed by atoms with van der Waals surface area (Å²) in [5, 5.41) is 5.18. The van der Waals surface area contributed by atoms with E-state index in [1.54, 1.807) is 6.20 Å². The molecule has 2 N–H and O–H groups in total. The molecule has 7 nitrogen and oxygen atoms in total. The van der Waals surface area contributed by atoms with Crippen LogP contribution in [-0.4, -0.2) is 69.4 Å². The van der Waals surface area contributed by atoms with Crippen LogP contribution in [0.4, 0.5) is 5.95 Å². The molecule has 5 rings (SSSR count). The summed E-state index contributed by atoms with van der Waals surface area (Å²) in [5.74, 6) is 1.35. The van der Waals surface area contributed by atoms with Crippen LogP contribution in [0.3, 0.4) is 0 Å². The Kier molecular flexibility index (Phi) is 6.83. The smallest absolute Gasteiger partial charge is 0.245 e. The molecule has 0 spiro atoms. The van der Waals surface area contributed by atoms with E-state index in [9.17, 15) is 4.79 Å². The number of nitrogens with one attached hydrogen (secondary N) is 2. The fourth-order valence-electron chi connectivity index (χ4n) is 5.17. The van der Waals surface area contributed by atoms with Crippen LogP contribution in [0.5, 0.6) is 0 Å². The number of hydrogen-bond acceptors (Lipinski definition) is 5. The molecule has 2 fully saturated rings. The highest BCUT2D eigenvalue weighted by atomic mass is 35.5. The van der Waals surface area contributed by atoms with Crippen molar-refractivity contribution in [1.29, 1.82) is 0 Å². The molecule has 34 heavy (non-hydrogen) atoms. The van der Waals surface area contributed by atoms with Crippen LogP contribution in [0.1, 0.15) is 25.7 Å². The van der Waals surface area contributed by atoms with Crippen molar-refractivity contribution >= 4 is 34.4 Å². The monoisotopic (exact) mass is 478 g/mol. The number of nitrogens with zero attached hydrogens (tertiary/aromatic N) is 4. The van der Waals surface area contributed by atoms with Gasteiger partial charge >= 0.3 is 0 Å². The molecule has 2 aliphatic rings. The predicted octanol–water partition coefficient (Wildman–Crippen LogP) is 4.58. The van der Waals surface area contributed by atoms with Gasteiger partial charge in [-0.15, -0.1) is 0 Å². The quantitative estimate of drug-likeness (QED) is 0.507. The predicted molar refractivity (Wildman–Crippen MR) is 137 cm³/mol. The standard InChI is InChI=1S/C26H31ClN6O/c1-2-24(34)33-13-7-18(8-14-33)17-32-11-9-19(10-12-32)30-26-29-16-22(27)25(31-26)21-15-28-23-6-4-3-5-20(21)23/h2-6,15-16,18-19,28H,1,7-14,17H2,(H,29,30,31). The van der Waals surface area contributed by atoms with Crippen LogP contribution in [0.15, 0.2) is 49.3 Å². The number of likely N-dealkylation sites (tertiary alicyclic amines) is 2. The number of aromatic nitrogens is 3. The highest BCUT2D eigenvalue weighted by Crippen LogP contribution is 2.32. The SMILES string of the molecule is C=CC(=O)N1CCC(CN2CCC(Nc3ncc(Cl)c(-c4c[nH]c5ccccc45)n3)CC2)CC1. The molecular weight excluding hydrogens is 448 g/mol. The molecule has 0 radical (unpaired) electrons. The Morgan fingerprint density at radius 3 is 2.71 bits per heavy atom. The summed E-state index contributed by atoms with van der Waals surface area (Å²) in [4.78, 5) is 28.8. The first-order valence-corrected chi connectivity index (χ1v) is 12.5. The Balaban J connectivity index is 1.15. The third-order valence-electron chi connectivity index (χ3n) is 7.13. The van der Waals surface area contributed by atoms with Gasteiger partial charge in [-0.2, -0.15) is 0 Å². The molecule has 178 valence electrons. The molecule has 1 aromatic carbocycles. The molecule has 0 unspecified atom stereocenters. The van der Waals surface area contributed by atoms with Gasteiger partial charge in [-0.25, -0.2) is 9.97 Å². The highest BCUT2D eigenvalue weighted by molar-refractivity contribution is 6.33. The molecule has 2 aliphatic heterocycles. The highest BCUT2D eigenvalue weighted by Gasteiger charge is 2.26. The van der Waals surface area contributed by atoms with Crippen LogP contribution >= 0.6 is 11.6 Å². The third kappa shape index (κ3) is 4.95. The summed E-state index contributed by atoms with van der Waals surface area (Å²) in [6, 6.07) is 8.50. The average Bonchev–Trinajstić information content (AvgIpc) is 3.30. The first-order chi connectivity index (χ1) is 16.6. The summed E-state index contributed by atoms with van der Waals surface area (Å²) in [6.07, 6.45) is 9.34. The van der Waals surface area contributed by atoms with Crippen LogP contribution in [-0.2, 0) is 4.79 Å². The van der Waals surface area contributed by atoms with Gasteiger partial charge in [0, 0.05) is 61.4 Å². The van der Waals surface area contributed by atoms with E-state index in [4.69, 9.17) is 16.6 Å². The fourth-order valence-corrected chi connectivity index (χ4v) is 5.36. The topological polar surface area (TPSA) is 77.2 Å². The van der Waals surface area contributed by atoms with Gasteiger partial charge in [-0.1, -0.05) is 36.4 Å². The van der Waals surface area contributed by atoms with Crippen molar-refractivity contribution in [2.75, 3.05) is 38.0 Å². The zero-order valence-corrected chi connectivity index (χ0v) is 20.1. The number of aromatic amines is 1. The van der Waals surface area contributed by atoms with Gasteiger partial charge in [-0.3, -0.25) is 4.79 Å². The second-order valence-corrected chi connectivity index (χ2v) is 9.74. The van der Waals surface area contributed by atoms with E-state index in [2.05, 4.69) is 32.8 Å². The number of halogens is 1. The fraction of sp³-hybridized carbons (Fsp3) is 0.423. The molecule has 0 aliphatic carbocycles. The van der Waals surface area contributed by atoms with Gasteiger partial charge in [0.1, 0.15) is 0 Å². The number of H-pyrrole nitrogens is 1. The summed E-state index contributed by atoms with van der Waals surface area (Å²) >= 11 is 6.48. The average molecular weight is 479 g/mol. The van der Waals surface area contributed by atoms with Crippen LogP contribution in [0, 0.1) is 5.92 Å². The molecule has 0 saturated carbocycles. The van der Waals surface area contributed by atoms with Crippen LogP contribution in [0.25, 0.3) is 22.2 Å². The molecule has 1 amide bonds. The third-order valence-corrected chi connectivity index (χ3v) is 7.40. The van der Waals surface area contributed by atoms with Crippen molar-refractivity contribution in [2.24, 2.45) is 5.92 Å². The summed E-state index contributed by atoms with van der Waals surface area (Å²) in [6.45, 7) is 8.53. The Labute approximate surface area is 205 Å². The summed E-state index contributed by atoms with van der Waals surface area (Å²) in [7, 11) is 0. The number of piperidine rings is 2. The van der Waals surface area contributed by atoms with Crippen LogP contribution < -0.4 is 5.32 Å². The minimum atomic E-state index is 0.0580. The van der Waals surface area contributed by atoms with E-state index >= 15 is 0 Å². The minimum Gasteiger partial charge on any atom is -0.360 e. The van der Waals surface area contributed by atoms with Gasteiger partial charge in [0.2, 0.25) is 11.9 Å². The van der Waals surface area contributed by atoms with Crippen LogP contribution in [0.2, 0.25) is 5.02 Å². The molecule has 3 aromatic rings. The van der Waals surface area contributed by atoms with E-state index in [0.717, 1.165) is 80.6 Å². The van der Waals surface area contributed by atoms with E-state index in [1.165, 1.54) is 6.08 Å². The van der Waals surface area contributed by atoms with Gasteiger partial charge in [0.15, 0.2) is 0 Å². The van der Waals surface area contributed by atoms with Gasteiger partial charge in [0.05, 0.1) is 16.9 Å². The first-order valence-electron chi connectivity index (χ1n) is 12.1. The normalized spacial score (nSPS) is 18.3. The molecule has 0 atom stereocenters. The lowest BCUT2D eigenvalue weighted by molar-refractivity contribution is -0.127. The zero-order chi connectivity index (χ0) is 23.5. The summed E-state index contributed by atoms with van der Waals surface area (Å²) < 4.78 is 0. The number of para-hydroxylation sites is 1. The number of carbonyl (C=O) groups excluding carboxylic acids is 1. The molecular formula is C26H31ClN6O. The maximum atomic E-state index is 11.8. The second-order valence-electron chi connectivity index (χ2n) is 9.33. The Morgan fingerprint density at radius 1 is 1.18 bits per heavy atom. The molecule has 0 bridgehead atoms. The first kappa shape index (κ1) is 22.9. The zero-order valence-electron chi connectivity index (χ0n) is 19.3. The Hall–Kier alpha value is -2.90. The molecule has 4 heterocycles. The number of amides is 1. The van der Waals surface area contributed by atoms with Crippen molar-refractivity contribution in [1.82, 2.24) is 24.8 Å². The second kappa shape index (κ2) is 10.2. The van der Waals surface area contributed by atoms with Gasteiger partial charge < -0.3 is 20.1 Å². The number of carbonyl (C=O) groups is 1. The van der Waals surface area contributed by atoms with Crippen molar-refractivity contribution in [3.05, 3.63) is 54.3 Å². The van der Waals surface area contributed by atoms with Crippen molar-refractivity contribution < 1.29 is 4.79 Å². The van der Waals surface area contributed by atoms with Gasteiger partial charge in [-0.05, 0) is 43.7 Å². The van der Waals surface area contributed by atoms with E-state index in [-0.39, 0.29) is 5.91 Å². The molecule has 2 aromatic heterocycles. The Morgan fingerprint density at radius 2 is 1.94 bits per heavy atom. The number of hydrogen-bond donors (Lipinski definition) is 2. The number of benzene rings is 1. The Bertz CT molecular complexity index is 1160. The lowest BCUT2D eigenvalue weighted by Gasteiger charge is -2.37. The number of rotatable bonds is 6. The lowest BCUT2D eigenvalue weighted by atomic mass is 9.94. The number of anilines is 1. The molecule has 8 heteroatoms. The molecule has 2 saturated heterocycles. The van der Waals surface area contributed by atoms with Crippen molar-refractivity contribution in [3.8, 4) is 11.3 Å². The van der Waals surface area contributed by atoms with Crippen molar-refractivity contribution in [2.45, 2.75) is 31.7 Å². The maximum Gasteiger partial charge on any atom is 0.245 e. The maximum absolute atomic E-state index is 11.8. The van der Waals surface area contributed by atoms with E-state index in [1.807, 2.05) is 29.3 Å². The van der Waals surface area contributed by atoms with Crippen molar-refractivity contribution in [3.63, 3.8) is 0 Å². The van der Waals surface area contributed by atoms with Gasteiger partial charge in [0.25, 0.3) is 0 Å². The lowest BCUT2D eigenvalue weighted by Crippen LogP contribution is -2.44. The minimum absolute atomic E-state index is 0.0580. The number of fused-ring (bicyclic) bond motifs is 1. The summed E-state index contributed by atoms with van der Waals surface area (Å²) in [5.41, 5.74) is 2.80. The van der Waals surface area contributed by atoms with E-state index in [0.29, 0.717) is 22.9 Å². The van der Waals surface area contributed by atoms with E-state index < -0.39 is 0 Å². The largest absolute Gasteiger partial charge is 0.360 e.